The van der Waals surface area contributed by atoms with Crippen molar-refractivity contribution in [3.05, 3.63) is 63.9 Å². The summed E-state index contributed by atoms with van der Waals surface area (Å²) in [4.78, 5) is 12.1. The van der Waals surface area contributed by atoms with Gasteiger partial charge in [-0.15, -0.1) is 0 Å². The summed E-state index contributed by atoms with van der Waals surface area (Å²) in [5.41, 5.74) is 1.50. The second-order valence-corrected chi connectivity index (χ2v) is 8.07. The number of nitrogens with one attached hydrogen (secondary N) is 1. The molecule has 0 saturated heterocycles. The summed E-state index contributed by atoms with van der Waals surface area (Å²) in [6.45, 7) is 3.14. The number of sulfonamides is 1. The monoisotopic (exact) mass is 429 g/mol. The lowest BCUT2D eigenvalue weighted by molar-refractivity contribution is -0.146. The molecular weight excluding hydrogens is 413 g/mol. The van der Waals surface area contributed by atoms with Gasteiger partial charge < -0.3 is 4.74 Å². The van der Waals surface area contributed by atoms with Gasteiger partial charge in [0.15, 0.2) is 0 Å². The lowest BCUT2D eigenvalue weighted by Crippen LogP contribution is -2.39. The van der Waals surface area contributed by atoms with E-state index in [-0.39, 0.29) is 11.5 Å². The van der Waals surface area contributed by atoms with Gasteiger partial charge in [-0.3, -0.25) is 4.79 Å². The molecule has 0 aromatic heterocycles. The molecule has 0 unspecified atom stereocenters. The molecule has 0 aliphatic heterocycles. The zero-order valence-electron chi connectivity index (χ0n) is 13.6. The van der Waals surface area contributed by atoms with E-state index in [0.29, 0.717) is 10.0 Å². The van der Waals surface area contributed by atoms with E-state index in [1.807, 2.05) is 6.92 Å². The number of halogens is 2. The number of benzene rings is 2. The van der Waals surface area contributed by atoms with Crippen LogP contribution in [0.2, 0.25) is 0 Å². The number of carbonyl (C=O) groups excluding carboxylic acids is 1. The minimum Gasteiger partial charge on any atom is -0.460 e. The van der Waals surface area contributed by atoms with Gasteiger partial charge in [0.05, 0.1) is 4.90 Å². The second-order valence-electron chi connectivity index (χ2n) is 5.50. The van der Waals surface area contributed by atoms with Crippen LogP contribution in [0.5, 0.6) is 0 Å². The van der Waals surface area contributed by atoms with Gasteiger partial charge in [0.1, 0.15) is 18.5 Å². The van der Waals surface area contributed by atoms with Crippen molar-refractivity contribution < 1.29 is 22.3 Å². The van der Waals surface area contributed by atoms with Crippen LogP contribution in [0.1, 0.15) is 18.1 Å². The lowest BCUT2D eigenvalue weighted by Gasteiger charge is -2.14. The molecule has 2 aromatic rings. The summed E-state index contributed by atoms with van der Waals surface area (Å²) < 4.78 is 45.4. The summed E-state index contributed by atoms with van der Waals surface area (Å²) in [6.07, 6.45) is 0. The minimum absolute atomic E-state index is 0.0685. The predicted molar refractivity (Wildman–Crippen MR) is 94.9 cm³/mol. The van der Waals surface area contributed by atoms with E-state index in [1.54, 1.807) is 12.1 Å². The summed E-state index contributed by atoms with van der Waals surface area (Å²) in [5.74, 6) is -1.15. The Morgan fingerprint density at radius 2 is 1.88 bits per heavy atom. The van der Waals surface area contributed by atoms with Crippen molar-refractivity contribution >= 4 is 31.9 Å². The molecule has 0 fully saturated rings. The first-order valence-electron chi connectivity index (χ1n) is 7.38. The Morgan fingerprint density at radius 1 is 1.24 bits per heavy atom. The number of hydrogen-bond acceptors (Lipinski definition) is 4. The Morgan fingerprint density at radius 3 is 2.48 bits per heavy atom. The van der Waals surface area contributed by atoms with Gasteiger partial charge in [-0.05, 0) is 38.1 Å². The summed E-state index contributed by atoms with van der Waals surface area (Å²) in [7, 11) is -3.83. The van der Waals surface area contributed by atoms with Crippen molar-refractivity contribution in [3.8, 4) is 0 Å². The van der Waals surface area contributed by atoms with Gasteiger partial charge >= 0.3 is 5.97 Å². The highest BCUT2D eigenvalue weighted by molar-refractivity contribution is 9.10. The molecule has 0 bridgehead atoms. The molecule has 2 rings (SSSR count). The Labute approximate surface area is 154 Å². The van der Waals surface area contributed by atoms with Crippen molar-refractivity contribution in [2.75, 3.05) is 0 Å². The maximum atomic E-state index is 13.0. The molecule has 25 heavy (non-hydrogen) atoms. The average molecular weight is 430 g/mol. The molecule has 0 radical (unpaired) electrons. The number of aryl methyl sites for hydroxylation is 1. The number of esters is 1. The van der Waals surface area contributed by atoms with E-state index in [0.717, 1.165) is 5.56 Å². The fraction of sp³-hybridized carbons (Fsp3) is 0.235. The molecule has 8 heteroatoms. The molecular formula is C17H17BrFNO4S. The molecule has 0 heterocycles. The van der Waals surface area contributed by atoms with E-state index in [4.69, 9.17) is 4.74 Å². The van der Waals surface area contributed by atoms with Gasteiger partial charge in [-0.2, -0.15) is 4.72 Å². The van der Waals surface area contributed by atoms with E-state index < -0.39 is 27.9 Å². The Hall–Kier alpha value is -1.77. The third-order valence-electron chi connectivity index (χ3n) is 3.40. The normalized spacial score (nSPS) is 12.6. The molecule has 0 spiro atoms. The third kappa shape index (κ3) is 5.35. The first-order valence-corrected chi connectivity index (χ1v) is 9.66. The number of ether oxygens (including phenoxy) is 1. The van der Waals surface area contributed by atoms with Crippen LogP contribution < -0.4 is 4.72 Å². The highest BCUT2D eigenvalue weighted by Gasteiger charge is 2.23. The van der Waals surface area contributed by atoms with Crippen LogP contribution in [0.15, 0.2) is 51.8 Å². The summed E-state index contributed by atoms with van der Waals surface area (Å²) in [5, 5.41) is 0. The molecule has 134 valence electrons. The molecule has 1 N–H and O–H groups in total. The fourth-order valence-electron chi connectivity index (χ4n) is 1.98. The van der Waals surface area contributed by atoms with Crippen LogP contribution in [0.25, 0.3) is 0 Å². The van der Waals surface area contributed by atoms with E-state index in [1.165, 1.54) is 37.3 Å². The van der Waals surface area contributed by atoms with Gasteiger partial charge in [0.2, 0.25) is 10.0 Å². The Kier molecular flexibility index (Phi) is 6.31. The van der Waals surface area contributed by atoms with Crippen LogP contribution in [0.4, 0.5) is 4.39 Å². The molecule has 0 amide bonds. The third-order valence-corrected chi connectivity index (χ3v) is 5.70. The molecule has 0 saturated carbocycles. The Bertz CT molecular complexity index is 869. The standard InChI is InChI=1S/C17H17BrFNO4S/c1-11-3-7-15(8-4-11)25(22,23)20-12(2)17(21)24-10-13-5-6-14(19)9-16(13)18/h3-9,12,20H,10H2,1-2H3/t12-/m0/s1. The summed E-state index contributed by atoms with van der Waals surface area (Å²) >= 11 is 3.18. The number of hydrogen-bond donors (Lipinski definition) is 1. The van der Waals surface area contributed by atoms with Gasteiger partial charge in [0, 0.05) is 10.0 Å². The SMILES string of the molecule is Cc1ccc(S(=O)(=O)N[C@@H](C)C(=O)OCc2ccc(F)cc2Br)cc1. The molecule has 2 aromatic carbocycles. The lowest BCUT2D eigenvalue weighted by atomic mass is 10.2. The van der Waals surface area contributed by atoms with E-state index in [9.17, 15) is 17.6 Å². The van der Waals surface area contributed by atoms with Crippen molar-refractivity contribution in [1.82, 2.24) is 4.72 Å². The fourth-order valence-corrected chi connectivity index (χ4v) is 3.64. The van der Waals surface area contributed by atoms with E-state index in [2.05, 4.69) is 20.7 Å². The zero-order chi connectivity index (χ0) is 18.6. The van der Waals surface area contributed by atoms with Gasteiger partial charge in [-0.1, -0.05) is 39.7 Å². The van der Waals surface area contributed by atoms with E-state index >= 15 is 0 Å². The number of carbonyl (C=O) groups is 1. The highest BCUT2D eigenvalue weighted by Crippen LogP contribution is 2.19. The number of rotatable bonds is 6. The quantitative estimate of drug-likeness (QED) is 0.714. The maximum Gasteiger partial charge on any atom is 0.324 e. The van der Waals surface area contributed by atoms with Crippen molar-refractivity contribution in [1.29, 1.82) is 0 Å². The summed E-state index contributed by atoms with van der Waals surface area (Å²) in [6, 6.07) is 9.19. The zero-order valence-corrected chi connectivity index (χ0v) is 16.0. The molecule has 0 aliphatic carbocycles. The molecule has 0 aliphatic rings. The molecule has 5 nitrogen and oxygen atoms in total. The van der Waals surface area contributed by atoms with Gasteiger partial charge in [-0.25, -0.2) is 12.8 Å². The van der Waals surface area contributed by atoms with Crippen molar-refractivity contribution in [2.24, 2.45) is 0 Å². The molecule has 1 atom stereocenters. The second kappa shape index (κ2) is 8.07. The van der Waals surface area contributed by atoms with Crippen molar-refractivity contribution in [3.63, 3.8) is 0 Å². The largest absolute Gasteiger partial charge is 0.460 e. The van der Waals surface area contributed by atoms with Crippen LogP contribution >= 0.6 is 15.9 Å². The van der Waals surface area contributed by atoms with Crippen LogP contribution in [-0.2, 0) is 26.2 Å². The minimum atomic E-state index is -3.83. The smallest absolute Gasteiger partial charge is 0.324 e. The van der Waals surface area contributed by atoms with Crippen LogP contribution in [-0.4, -0.2) is 20.4 Å². The van der Waals surface area contributed by atoms with Crippen molar-refractivity contribution in [2.45, 2.75) is 31.4 Å². The van der Waals surface area contributed by atoms with Crippen LogP contribution in [0, 0.1) is 12.7 Å². The highest BCUT2D eigenvalue weighted by atomic mass is 79.9. The topological polar surface area (TPSA) is 72.5 Å². The average Bonchev–Trinajstić information content (AvgIpc) is 2.53. The predicted octanol–water partition coefficient (Wildman–Crippen LogP) is 3.31. The maximum absolute atomic E-state index is 13.0. The van der Waals surface area contributed by atoms with Crippen LogP contribution in [0.3, 0.4) is 0 Å². The van der Waals surface area contributed by atoms with Gasteiger partial charge in [0.25, 0.3) is 0 Å². The first kappa shape index (κ1) is 19.6. The first-order chi connectivity index (χ1) is 11.7. The Balaban J connectivity index is 1.98.